The zero-order valence-electron chi connectivity index (χ0n) is 16.4. The van der Waals surface area contributed by atoms with E-state index in [1.165, 1.54) is 4.90 Å². The maximum absolute atomic E-state index is 12.7. The number of rotatable bonds is 9. The number of carbonyl (C=O) groups excluding carboxylic acids is 2. The van der Waals surface area contributed by atoms with Gasteiger partial charge in [-0.05, 0) is 36.9 Å². The highest BCUT2D eigenvalue weighted by molar-refractivity contribution is 7.10. The van der Waals surface area contributed by atoms with Crippen LogP contribution in [0.1, 0.15) is 30.2 Å². The normalized spacial score (nSPS) is 12.0. The second kappa shape index (κ2) is 13.2. The summed E-state index contributed by atoms with van der Waals surface area (Å²) in [7, 11) is 0. The average Bonchev–Trinajstić information content (AvgIpc) is 3.23. The highest BCUT2D eigenvalue weighted by Crippen LogP contribution is 2.29. The van der Waals surface area contributed by atoms with Crippen molar-refractivity contribution in [2.24, 2.45) is 0 Å². The van der Waals surface area contributed by atoms with Gasteiger partial charge in [0.25, 0.3) is 0 Å². The van der Waals surface area contributed by atoms with Gasteiger partial charge in [0.15, 0.2) is 5.78 Å². The van der Waals surface area contributed by atoms with Crippen LogP contribution in [0.25, 0.3) is 0 Å². The molecule has 1 atom stereocenters. The predicted octanol–water partition coefficient (Wildman–Crippen LogP) is 1.26. The summed E-state index contributed by atoms with van der Waals surface area (Å²) < 4.78 is 0. The fraction of sp³-hybridized carbons (Fsp3) is 0.227. The molecule has 2 N–H and O–H groups in total. The first kappa shape index (κ1) is 24.0. The number of benzene rings is 1. The Morgan fingerprint density at radius 2 is 1.69 bits per heavy atom. The van der Waals surface area contributed by atoms with Crippen molar-refractivity contribution in [2.45, 2.75) is 19.8 Å². The first-order valence-electron chi connectivity index (χ1n) is 9.15. The summed E-state index contributed by atoms with van der Waals surface area (Å²) in [5, 5.41) is 19.3. The Hall–Kier alpha value is -3.03. The van der Waals surface area contributed by atoms with E-state index in [2.05, 4.69) is 13.8 Å². The summed E-state index contributed by atoms with van der Waals surface area (Å²) in [6.07, 6.45) is 4.68. The lowest BCUT2D eigenvalue weighted by Gasteiger charge is -2.13. The van der Waals surface area contributed by atoms with Gasteiger partial charge >= 0.3 is 5.97 Å². The lowest BCUT2D eigenvalue weighted by molar-refractivity contribution is -0.842. The van der Waals surface area contributed by atoms with Gasteiger partial charge in [-0.3, -0.25) is 4.79 Å². The van der Waals surface area contributed by atoms with Crippen molar-refractivity contribution in [3.63, 3.8) is 0 Å². The van der Waals surface area contributed by atoms with Gasteiger partial charge in [0.1, 0.15) is 0 Å². The van der Waals surface area contributed by atoms with Gasteiger partial charge in [-0.15, -0.1) is 11.3 Å². The summed E-state index contributed by atoms with van der Waals surface area (Å²) in [6, 6.07) is 14.1. The van der Waals surface area contributed by atoms with Gasteiger partial charge in [0.2, 0.25) is 0 Å². The fourth-order valence-electron chi connectivity index (χ4n) is 2.49. The number of carboxylic acid groups (broad SMARTS) is 2. The smallest absolute Gasteiger partial charge is 0.328 e. The third kappa shape index (κ3) is 9.14. The zero-order chi connectivity index (χ0) is 21.6. The molecule has 1 aromatic carbocycles. The monoisotopic (exact) mass is 415 g/mol. The van der Waals surface area contributed by atoms with Crippen molar-refractivity contribution in [1.29, 1.82) is 0 Å². The third-order valence-corrected chi connectivity index (χ3v) is 4.94. The minimum absolute atomic E-state index is 0.156. The largest absolute Gasteiger partial charge is 0.545 e. The van der Waals surface area contributed by atoms with E-state index in [9.17, 15) is 19.5 Å². The summed E-state index contributed by atoms with van der Waals surface area (Å²) in [5.41, 5.74) is 1.06. The quantitative estimate of drug-likeness (QED) is 0.601. The molecule has 2 rings (SSSR count). The van der Waals surface area contributed by atoms with Crippen molar-refractivity contribution in [2.75, 3.05) is 13.1 Å². The van der Waals surface area contributed by atoms with Crippen LogP contribution in [-0.2, 0) is 14.4 Å². The predicted molar refractivity (Wildman–Crippen MR) is 111 cm³/mol. The van der Waals surface area contributed by atoms with Crippen LogP contribution in [0.5, 0.6) is 0 Å². The maximum atomic E-state index is 12.7. The topological polar surface area (TPSA) is 98.9 Å². The number of nitrogens with one attached hydrogen (secondary N) is 1. The van der Waals surface area contributed by atoms with E-state index in [4.69, 9.17) is 5.11 Å². The molecule has 0 radical (unpaired) electrons. The van der Waals surface area contributed by atoms with E-state index in [0.29, 0.717) is 12.2 Å². The van der Waals surface area contributed by atoms with E-state index >= 15 is 0 Å². The Kier molecular flexibility index (Phi) is 10.9. The van der Waals surface area contributed by atoms with Crippen molar-refractivity contribution >= 4 is 29.1 Å². The number of carboxylic acids is 2. The molecule has 0 aliphatic carbocycles. The van der Waals surface area contributed by atoms with E-state index < -0.39 is 11.9 Å². The summed E-state index contributed by atoms with van der Waals surface area (Å²) in [5.74, 6) is -2.83. The second-order valence-corrected chi connectivity index (χ2v) is 6.93. The van der Waals surface area contributed by atoms with Crippen LogP contribution in [-0.4, -0.2) is 35.9 Å². The molecule has 6 nitrogen and oxygen atoms in total. The Labute approximate surface area is 174 Å². The number of thiophene rings is 1. The molecule has 154 valence electrons. The Bertz CT molecular complexity index is 808. The second-order valence-electron chi connectivity index (χ2n) is 5.95. The highest BCUT2D eigenvalue weighted by atomic mass is 32.1. The molecular weight excluding hydrogens is 390 g/mol. The summed E-state index contributed by atoms with van der Waals surface area (Å²) in [4.78, 5) is 34.1. The molecule has 0 aliphatic heterocycles. The molecule has 0 spiro atoms. The number of carbonyl (C=O) groups is 3. The minimum Gasteiger partial charge on any atom is -0.545 e. The van der Waals surface area contributed by atoms with Crippen molar-refractivity contribution in [3.05, 3.63) is 82.7 Å². The molecule has 2 aromatic rings. The molecule has 1 heterocycles. The van der Waals surface area contributed by atoms with Crippen LogP contribution in [0.2, 0.25) is 0 Å². The Morgan fingerprint density at radius 1 is 1.03 bits per heavy atom. The van der Waals surface area contributed by atoms with Crippen LogP contribution in [0.15, 0.2) is 72.3 Å². The Balaban J connectivity index is 0.000000447. The molecular formula is C22H25NO5S. The van der Waals surface area contributed by atoms with Crippen LogP contribution in [0, 0.1) is 0 Å². The molecule has 0 fully saturated rings. The van der Waals surface area contributed by atoms with Gasteiger partial charge in [-0.1, -0.05) is 36.4 Å². The van der Waals surface area contributed by atoms with Crippen molar-refractivity contribution in [3.8, 4) is 0 Å². The SMILES string of the molecule is CC[NH+](/C=C/C(=O)C(c1ccccc1)c1cccs1)CC.O=C([O-])/C=C\C(=O)O. The molecule has 29 heavy (non-hydrogen) atoms. The fourth-order valence-corrected chi connectivity index (χ4v) is 3.35. The molecule has 0 bridgehead atoms. The van der Waals surface area contributed by atoms with E-state index in [1.807, 2.05) is 54.0 Å². The van der Waals surface area contributed by atoms with E-state index in [0.717, 1.165) is 23.5 Å². The van der Waals surface area contributed by atoms with Gasteiger partial charge in [0, 0.05) is 17.0 Å². The molecule has 0 aliphatic rings. The van der Waals surface area contributed by atoms with Crippen LogP contribution < -0.4 is 10.0 Å². The van der Waals surface area contributed by atoms with Gasteiger partial charge < -0.3 is 19.9 Å². The van der Waals surface area contributed by atoms with Gasteiger partial charge in [-0.2, -0.15) is 0 Å². The number of aliphatic carboxylic acids is 2. The Morgan fingerprint density at radius 3 is 2.14 bits per heavy atom. The molecule has 0 amide bonds. The molecule has 0 saturated carbocycles. The number of ketones is 1. The molecule has 1 aromatic heterocycles. The molecule has 7 heteroatoms. The lowest BCUT2D eigenvalue weighted by Crippen LogP contribution is -3.06. The standard InChI is InChI=1S/C18H21NOS.C4H4O4/c1-3-19(4-2)13-12-16(20)18(17-11-8-14-21-17)15-9-6-5-7-10-15;5-3(6)1-2-4(7)8/h5-14,18H,3-4H2,1-2H3;1-2H,(H,5,6)(H,7,8)/b13-12+;2-1-. The highest BCUT2D eigenvalue weighted by Gasteiger charge is 2.22. The van der Waals surface area contributed by atoms with Crippen LogP contribution in [0.4, 0.5) is 0 Å². The van der Waals surface area contributed by atoms with Gasteiger partial charge in [-0.25, -0.2) is 4.79 Å². The maximum Gasteiger partial charge on any atom is 0.328 e. The van der Waals surface area contributed by atoms with Gasteiger partial charge in [0.05, 0.1) is 31.2 Å². The average molecular weight is 416 g/mol. The van der Waals surface area contributed by atoms with Crippen molar-refractivity contribution < 1.29 is 29.5 Å². The zero-order valence-corrected chi connectivity index (χ0v) is 17.2. The minimum atomic E-state index is -1.51. The first-order valence-corrected chi connectivity index (χ1v) is 10.0. The number of allylic oxidation sites excluding steroid dienone is 1. The molecule has 1 unspecified atom stereocenters. The number of hydrogen-bond acceptors (Lipinski definition) is 5. The van der Waals surface area contributed by atoms with Crippen LogP contribution >= 0.6 is 11.3 Å². The van der Waals surface area contributed by atoms with E-state index in [-0.39, 0.29) is 11.7 Å². The van der Waals surface area contributed by atoms with Crippen molar-refractivity contribution in [1.82, 2.24) is 0 Å². The first-order chi connectivity index (χ1) is 13.9. The number of hydrogen-bond donors (Lipinski definition) is 2. The summed E-state index contributed by atoms with van der Waals surface area (Å²) in [6.45, 7) is 6.24. The molecule has 0 saturated heterocycles. The summed E-state index contributed by atoms with van der Waals surface area (Å²) >= 11 is 1.64. The van der Waals surface area contributed by atoms with Crippen LogP contribution in [0.3, 0.4) is 0 Å². The lowest BCUT2D eigenvalue weighted by atomic mass is 9.93. The third-order valence-electron chi connectivity index (χ3n) is 4.00. The van der Waals surface area contributed by atoms with E-state index in [1.54, 1.807) is 17.4 Å². The number of quaternary nitrogens is 1.